The Labute approximate surface area is 111 Å². The first-order valence-corrected chi connectivity index (χ1v) is 6.09. The summed E-state index contributed by atoms with van der Waals surface area (Å²) in [5.41, 5.74) is 0.0576. The fourth-order valence-electron chi connectivity index (χ4n) is 1.67. The Morgan fingerprint density at radius 1 is 0.895 bits per heavy atom. The smallest absolute Gasteiger partial charge is 0.130 e. The molecule has 0 fully saturated rings. The second-order valence-corrected chi connectivity index (χ2v) is 4.04. The average molecular weight is 263 g/mol. The summed E-state index contributed by atoms with van der Waals surface area (Å²) in [7, 11) is 0. The zero-order chi connectivity index (χ0) is 13.5. The Balaban J connectivity index is 1.73. The average Bonchev–Trinajstić information content (AvgIpc) is 2.42. The first-order valence-electron chi connectivity index (χ1n) is 6.09. The predicted molar refractivity (Wildman–Crippen MR) is 70.0 cm³/mol. The van der Waals surface area contributed by atoms with Crippen molar-refractivity contribution in [2.75, 3.05) is 13.2 Å². The molecule has 2 aromatic carbocycles. The monoisotopic (exact) mass is 263 g/mol. The largest absolute Gasteiger partial charge is 0.492 e. The van der Waals surface area contributed by atoms with Crippen LogP contribution >= 0.6 is 0 Å². The number of benzene rings is 2. The van der Waals surface area contributed by atoms with E-state index in [1.165, 1.54) is 18.2 Å². The fourth-order valence-corrected chi connectivity index (χ4v) is 1.67. The van der Waals surface area contributed by atoms with E-state index in [9.17, 15) is 8.78 Å². The zero-order valence-electron chi connectivity index (χ0n) is 10.4. The van der Waals surface area contributed by atoms with Crippen molar-refractivity contribution in [3.05, 3.63) is 65.7 Å². The molecule has 0 unspecified atom stereocenters. The standard InChI is InChI=1S/C15H15F2NO/c16-14-7-4-8-15(17)13(14)11-18-9-10-19-12-5-2-1-3-6-12/h1-8,18H,9-11H2. The van der Waals surface area contributed by atoms with Crippen LogP contribution < -0.4 is 10.1 Å². The molecule has 1 N–H and O–H groups in total. The molecule has 0 aliphatic rings. The van der Waals surface area contributed by atoms with Gasteiger partial charge in [-0.25, -0.2) is 8.78 Å². The second-order valence-electron chi connectivity index (χ2n) is 4.04. The number of para-hydroxylation sites is 1. The molecule has 0 saturated heterocycles. The molecular formula is C15H15F2NO. The van der Waals surface area contributed by atoms with Gasteiger partial charge in [-0.1, -0.05) is 24.3 Å². The number of hydrogen-bond donors (Lipinski definition) is 1. The maximum atomic E-state index is 13.3. The van der Waals surface area contributed by atoms with Crippen molar-refractivity contribution >= 4 is 0 Å². The Morgan fingerprint density at radius 3 is 2.26 bits per heavy atom. The van der Waals surface area contributed by atoms with Gasteiger partial charge in [0, 0.05) is 18.7 Å². The fraction of sp³-hybridized carbons (Fsp3) is 0.200. The molecule has 2 aromatic rings. The van der Waals surface area contributed by atoms with Crippen LogP contribution in [0.15, 0.2) is 48.5 Å². The highest BCUT2D eigenvalue weighted by molar-refractivity contribution is 5.21. The first kappa shape index (κ1) is 13.5. The maximum Gasteiger partial charge on any atom is 0.130 e. The highest BCUT2D eigenvalue weighted by Gasteiger charge is 2.06. The summed E-state index contributed by atoms with van der Waals surface area (Å²) in [5, 5.41) is 2.95. The van der Waals surface area contributed by atoms with E-state index in [1.54, 1.807) is 0 Å². The van der Waals surface area contributed by atoms with Crippen molar-refractivity contribution in [2.45, 2.75) is 6.54 Å². The summed E-state index contributed by atoms with van der Waals surface area (Å²) in [6, 6.07) is 13.3. The van der Waals surface area contributed by atoms with Gasteiger partial charge in [-0.2, -0.15) is 0 Å². The Morgan fingerprint density at radius 2 is 1.58 bits per heavy atom. The van der Waals surface area contributed by atoms with Gasteiger partial charge in [0.25, 0.3) is 0 Å². The van der Waals surface area contributed by atoms with Crippen LogP contribution in [0.25, 0.3) is 0 Å². The van der Waals surface area contributed by atoms with E-state index in [0.29, 0.717) is 13.2 Å². The van der Waals surface area contributed by atoms with Gasteiger partial charge in [-0.3, -0.25) is 0 Å². The summed E-state index contributed by atoms with van der Waals surface area (Å²) >= 11 is 0. The molecule has 0 amide bonds. The summed E-state index contributed by atoms with van der Waals surface area (Å²) in [4.78, 5) is 0. The van der Waals surface area contributed by atoms with Crippen molar-refractivity contribution in [2.24, 2.45) is 0 Å². The molecule has 2 rings (SSSR count). The quantitative estimate of drug-likeness (QED) is 0.808. The summed E-state index contributed by atoms with van der Waals surface area (Å²) in [5.74, 6) is -0.283. The topological polar surface area (TPSA) is 21.3 Å². The Bertz CT molecular complexity index is 497. The number of hydrogen-bond acceptors (Lipinski definition) is 2. The van der Waals surface area contributed by atoms with Gasteiger partial charge in [0.05, 0.1) is 0 Å². The minimum absolute atomic E-state index is 0.0576. The third-order valence-electron chi connectivity index (χ3n) is 2.65. The van der Waals surface area contributed by atoms with Crippen molar-refractivity contribution in [1.82, 2.24) is 5.32 Å². The minimum Gasteiger partial charge on any atom is -0.492 e. The van der Waals surface area contributed by atoms with Crippen LogP contribution in [0.2, 0.25) is 0 Å². The summed E-state index contributed by atoms with van der Waals surface area (Å²) in [6.07, 6.45) is 0. The third-order valence-corrected chi connectivity index (χ3v) is 2.65. The molecule has 4 heteroatoms. The van der Waals surface area contributed by atoms with Crippen LogP contribution in [-0.2, 0) is 6.54 Å². The van der Waals surface area contributed by atoms with Gasteiger partial charge in [0.1, 0.15) is 24.0 Å². The Kier molecular flexibility index (Phi) is 4.86. The van der Waals surface area contributed by atoms with Crippen LogP contribution in [0.5, 0.6) is 5.75 Å². The molecule has 0 saturated carbocycles. The lowest BCUT2D eigenvalue weighted by molar-refractivity contribution is 0.312. The van der Waals surface area contributed by atoms with Crippen molar-refractivity contribution in [3.63, 3.8) is 0 Å². The highest BCUT2D eigenvalue weighted by Crippen LogP contribution is 2.11. The van der Waals surface area contributed by atoms with Crippen molar-refractivity contribution in [3.8, 4) is 5.75 Å². The molecule has 100 valence electrons. The van der Waals surface area contributed by atoms with Crippen LogP contribution in [0.4, 0.5) is 8.78 Å². The zero-order valence-corrected chi connectivity index (χ0v) is 10.4. The lowest BCUT2D eigenvalue weighted by Crippen LogP contribution is -2.21. The summed E-state index contributed by atoms with van der Waals surface area (Å²) in [6.45, 7) is 1.11. The molecule has 0 spiro atoms. The maximum absolute atomic E-state index is 13.3. The Hall–Kier alpha value is -1.94. The normalized spacial score (nSPS) is 10.4. The van der Waals surface area contributed by atoms with Gasteiger partial charge in [0.2, 0.25) is 0 Å². The van der Waals surface area contributed by atoms with E-state index in [2.05, 4.69) is 5.32 Å². The lowest BCUT2D eigenvalue weighted by atomic mass is 10.2. The molecule has 0 atom stereocenters. The van der Waals surface area contributed by atoms with Crippen LogP contribution in [-0.4, -0.2) is 13.2 Å². The molecule has 0 aliphatic heterocycles. The van der Waals surface area contributed by atoms with E-state index in [0.717, 1.165) is 5.75 Å². The minimum atomic E-state index is -0.531. The molecule has 0 aliphatic carbocycles. The van der Waals surface area contributed by atoms with E-state index < -0.39 is 11.6 Å². The lowest BCUT2D eigenvalue weighted by Gasteiger charge is -2.08. The number of halogens is 2. The van der Waals surface area contributed by atoms with Crippen molar-refractivity contribution < 1.29 is 13.5 Å². The summed E-state index contributed by atoms with van der Waals surface area (Å²) < 4.78 is 32.1. The predicted octanol–water partition coefficient (Wildman–Crippen LogP) is 3.13. The number of nitrogens with one attached hydrogen (secondary N) is 1. The number of ether oxygens (including phenoxy) is 1. The van der Waals surface area contributed by atoms with Gasteiger partial charge in [0.15, 0.2) is 0 Å². The van der Waals surface area contributed by atoms with Gasteiger partial charge < -0.3 is 10.1 Å². The molecular weight excluding hydrogens is 248 g/mol. The van der Waals surface area contributed by atoms with Crippen LogP contribution in [0, 0.1) is 11.6 Å². The van der Waals surface area contributed by atoms with Gasteiger partial charge >= 0.3 is 0 Å². The van der Waals surface area contributed by atoms with Crippen molar-refractivity contribution in [1.29, 1.82) is 0 Å². The van der Waals surface area contributed by atoms with Crippen LogP contribution in [0.1, 0.15) is 5.56 Å². The second kappa shape index (κ2) is 6.85. The van der Waals surface area contributed by atoms with E-state index in [1.807, 2.05) is 30.3 Å². The van der Waals surface area contributed by atoms with E-state index >= 15 is 0 Å². The highest BCUT2D eigenvalue weighted by atomic mass is 19.1. The molecule has 0 radical (unpaired) electrons. The van der Waals surface area contributed by atoms with Gasteiger partial charge in [-0.05, 0) is 24.3 Å². The SMILES string of the molecule is Fc1cccc(F)c1CNCCOc1ccccc1. The van der Waals surface area contributed by atoms with Gasteiger partial charge in [-0.15, -0.1) is 0 Å². The molecule has 0 heterocycles. The van der Waals surface area contributed by atoms with E-state index in [-0.39, 0.29) is 12.1 Å². The van der Waals surface area contributed by atoms with Crippen LogP contribution in [0.3, 0.4) is 0 Å². The molecule has 0 bridgehead atoms. The first-order chi connectivity index (χ1) is 9.27. The molecule has 2 nitrogen and oxygen atoms in total. The number of rotatable bonds is 6. The molecule has 19 heavy (non-hydrogen) atoms. The van der Waals surface area contributed by atoms with E-state index in [4.69, 9.17) is 4.74 Å². The third kappa shape index (κ3) is 4.03. The molecule has 0 aromatic heterocycles.